The number of halogens is 2. The predicted octanol–water partition coefficient (Wildman–Crippen LogP) is 6.58. The molecule has 5 rings (SSSR count). The number of benzene rings is 2. The maximum atomic E-state index is 6.39. The van der Waals surface area contributed by atoms with Gasteiger partial charge in [0.25, 0.3) is 0 Å². The van der Waals surface area contributed by atoms with Crippen molar-refractivity contribution in [3.05, 3.63) is 70.2 Å². The minimum atomic E-state index is 0.257. The molecule has 0 N–H and O–H groups in total. The van der Waals surface area contributed by atoms with Gasteiger partial charge in [-0.05, 0) is 36.4 Å². The molecule has 0 atom stereocenters. The van der Waals surface area contributed by atoms with Gasteiger partial charge in [-0.2, -0.15) is 0 Å². The van der Waals surface area contributed by atoms with Gasteiger partial charge in [0, 0.05) is 33.8 Å². The topological polar surface area (TPSA) is 62.1 Å². The number of nitrogens with zero attached hydrogens (tertiary/aromatic N) is 4. The van der Waals surface area contributed by atoms with Crippen LogP contribution in [-0.4, -0.2) is 26.5 Å². The molecule has 10 heteroatoms. The highest BCUT2D eigenvalue weighted by Crippen LogP contribution is 2.37. The number of hydrogen-bond acceptors (Lipinski definition) is 7. The standard InChI is InChI=1S/C22H16Cl2N4O2S2/c1-2-7-28-20(16-5-4-14(23)9-17(16)24)26-27-22(28)32-11-15-10-31-21(25-15)13-3-6-18-19(8-13)30-12-29-18/h2-6,8-10H,1,7,11-12H2. The summed E-state index contributed by atoms with van der Waals surface area (Å²) in [5.74, 6) is 2.84. The first kappa shape index (κ1) is 21.3. The number of thioether (sulfide) groups is 1. The van der Waals surface area contributed by atoms with Gasteiger partial charge in [-0.25, -0.2) is 4.98 Å². The van der Waals surface area contributed by atoms with Crippen LogP contribution in [0, 0.1) is 0 Å². The van der Waals surface area contributed by atoms with Gasteiger partial charge in [-0.1, -0.05) is 41.0 Å². The molecule has 0 spiro atoms. The molecule has 0 saturated heterocycles. The van der Waals surface area contributed by atoms with Crippen LogP contribution in [0.3, 0.4) is 0 Å². The minimum Gasteiger partial charge on any atom is -0.454 e. The van der Waals surface area contributed by atoms with Crippen molar-refractivity contribution in [2.75, 3.05) is 6.79 Å². The Kier molecular flexibility index (Phi) is 6.10. The summed E-state index contributed by atoms with van der Waals surface area (Å²) in [7, 11) is 0. The molecule has 6 nitrogen and oxygen atoms in total. The number of hydrogen-bond donors (Lipinski definition) is 0. The zero-order valence-electron chi connectivity index (χ0n) is 16.6. The molecule has 2 aromatic carbocycles. The molecule has 0 saturated carbocycles. The van der Waals surface area contributed by atoms with E-state index in [0.29, 0.717) is 28.2 Å². The molecule has 0 aliphatic carbocycles. The van der Waals surface area contributed by atoms with Crippen molar-refractivity contribution in [2.45, 2.75) is 17.5 Å². The normalized spacial score (nSPS) is 12.3. The fourth-order valence-electron chi connectivity index (χ4n) is 3.23. The molecule has 0 unspecified atom stereocenters. The van der Waals surface area contributed by atoms with E-state index in [4.69, 9.17) is 37.7 Å². The van der Waals surface area contributed by atoms with Crippen LogP contribution in [0.15, 0.2) is 59.6 Å². The van der Waals surface area contributed by atoms with E-state index in [2.05, 4.69) is 22.2 Å². The van der Waals surface area contributed by atoms with Gasteiger partial charge in [0.2, 0.25) is 6.79 Å². The minimum absolute atomic E-state index is 0.257. The average molecular weight is 503 g/mol. The average Bonchev–Trinajstić information content (AvgIpc) is 3.52. The van der Waals surface area contributed by atoms with E-state index >= 15 is 0 Å². The van der Waals surface area contributed by atoms with Gasteiger partial charge in [-0.3, -0.25) is 4.57 Å². The molecule has 2 aromatic heterocycles. The van der Waals surface area contributed by atoms with E-state index in [1.54, 1.807) is 41.3 Å². The Hall–Kier alpha value is -2.52. The van der Waals surface area contributed by atoms with Crippen LogP contribution in [0.25, 0.3) is 22.0 Å². The summed E-state index contributed by atoms with van der Waals surface area (Å²) in [6.07, 6.45) is 1.81. The molecule has 4 aromatic rings. The quantitative estimate of drug-likeness (QED) is 0.210. The number of fused-ring (bicyclic) bond motifs is 1. The van der Waals surface area contributed by atoms with Crippen LogP contribution in [0.1, 0.15) is 5.69 Å². The first-order valence-corrected chi connectivity index (χ1v) is 12.2. The largest absolute Gasteiger partial charge is 0.454 e. The summed E-state index contributed by atoms with van der Waals surface area (Å²) in [5, 5.41) is 13.6. The molecule has 1 aliphatic heterocycles. The second kappa shape index (κ2) is 9.15. The maximum absolute atomic E-state index is 6.39. The van der Waals surface area contributed by atoms with E-state index in [9.17, 15) is 0 Å². The fourth-order valence-corrected chi connectivity index (χ4v) is 5.49. The lowest BCUT2D eigenvalue weighted by Crippen LogP contribution is -2.01. The smallest absolute Gasteiger partial charge is 0.231 e. The Balaban J connectivity index is 1.35. The third-order valence-electron chi connectivity index (χ3n) is 4.72. The summed E-state index contributed by atoms with van der Waals surface area (Å²) < 4.78 is 12.8. The molecule has 0 radical (unpaired) electrons. The molecule has 32 heavy (non-hydrogen) atoms. The van der Waals surface area contributed by atoms with Gasteiger partial charge in [0.05, 0.1) is 10.7 Å². The zero-order chi connectivity index (χ0) is 22.1. The van der Waals surface area contributed by atoms with Gasteiger partial charge >= 0.3 is 0 Å². The van der Waals surface area contributed by atoms with E-state index < -0.39 is 0 Å². The van der Waals surface area contributed by atoms with Crippen LogP contribution < -0.4 is 9.47 Å². The van der Waals surface area contributed by atoms with Crippen molar-refractivity contribution in [1.82, 2.24) is 19.7 Å². The van der Waals surface area contributed by atoms with E-state index in [1.807, 2.05) is 28.8 Å². The van der Waals surface area contributed by atoms with Crippen LogP contribution in [-0.2, 0) is 12.3 Å². The number of allylic oxidation sites excluding steroid dienone is 1. The molecule has 3 heterocycles. The molecule has 0 amide bonds. The predicted molar refractivity (Wildman–Crippen MR) is 129 cm³/mol. The van der Waals surface area contributed by atoms with Crippen molar-refractivity contribution in [1.29, 1.82) is 0 Å². The Morgan fingerprint density at radius 3 is 2.84 bits per heavy atom. The third kappa shape index (κ3) is 4.23. The highest BCUT2D eigenvalue weighted by Gasteiger charge is 2.18. The molecular weight excluding hydrogens is 487 g/mol. The van der Waals surface area contributed by atoms with Gasteiger partial charge < -0.3 is 9.47 Å². The summed E-state index contributed by atoms with van der Waals surface area (Å²) in [5.41, 5.74) is 2.74. The second-order valence-corrected chi connectivity index (χ2v) is 9.47. The highest BCUT2D eigenvalue weighted by molar-refractivity contribution is 7.98. The third-order valence-corrected chi connectivity index (χ3v) is 7.21. The Morgan fingerprint density at radius 1 is 1.12 bits per heavy atom. The van der Waals surface area contributed by atoms with Crippen LogP contribution in [0.4, 0.5) is 0 Å². The number of thiazole rings is 1. The van der Waals surface area contributed by atoms with Crippen LogP contribution in [0.2, 0.25) is 10.0 Å². The maximum Gasteiger partial charge on any atom is 0.231 e. The molecule has 162 valence electrons. The highest BCUT2D eigenvalue weighted by atomic mass is 35.5. The number of rotatable bonds is 7. The van der Waals surface area contributed by atoms with Gasteiger partial charge in [-0.15, -0.1) is 28.1 Å². The van der Waals surface area contributed by atoms with Crippen molar-refractivity contribution < 1.29 is 9.47 Å². The lowest BCUT2D eigenvalue weighted by Gasteiger charge is -2.08. The lowest BCUT2D eigenvalue weighted by atomic mass is 10.2. The van der Waals surface area contributed by atoms with Crippen molar-refractivity contribution in [2.24, 2.45) is 0 Å². The van der Waals surface area contributed by atoms with E-state index in [-0.39, 0.29) is 6.79 Å². The van der Waals surface area contributed by atoms with Crippen LogP contribution >= 0.6 is 46.3 Å². The summed E-state index contributed by atoms with van der Waals surface area (Å²) in [4.78, 5) is 4.77. The number of ether oxygens (including phenoxy) is 2. The molecule has 1 aliphatic rings. The van der Waals surface area contributed by atoms with Crippen molar-refractivity contribution in [3.63, 3.8) is 0 Å². The Bertz CT molecular complexity index is 1310. The zero-order valence-corrected chi connectivity index (χ0v) is 19.8. The number of aromatic nitrogens is 4. The monoisotopic (exact) mass is 502 g/mol. The van der Waals surface area contributed by atoms with E-state index in [1.165, 1.54) is 0 Å². The molecule has 0 fully saturated rings. The summed E-state index contributed by atoms with van der Waals surface area (Å²) >= 11 is 15.6. The second-order valence-electron chi connectivity index (χ2n) is 6.83. The van der Waals surface area contributed by atoms with E-state index in [0.717, 1.165) is 38.5 Å². The molecular formula is C22H16Cl2N4O2S2. The lowest BCUT2D eigenvalue weighted by molar-refractivity contribution is 0.174. The van der Waals surface area contributed by atoms with Gasteiger partial charge in [0.15, 0.2) is 22.5 Å². The first-order chi connectivity index (χ1) is 15.6. The summed E-state index contributed by atoms with van der Waals surface area (Å²) in [6.45, 7) is 4.67. The van der Waals surface area contributed by atoms with Crippen LogP contribution in [0.5, 0.6) is 11.5 Å². The fraction of sp³-hybridized carbons (Fsp3) is 0.136. The van der Waals surface area contributed by atoms with Gasteiger partial charge in [0.1, 0.15) is 5.01 Å². The molecule has 0 bridgehead atoms. The summed E-state index contributed by atoms with van der Waals surface area (Å²) in [6, 6.07) is 11.2. The Morgan fingerprint density at radius 2 is 2.00 bits per heavy atom. The first-order valence-electron chi connectivity index (χ1n) is 9.59. The SMILES string of the molecule is C=CCn1c(SCc2csc(-c3ccc4c(c3)OCO4)n2)nnc1-c1ccc(Cl)cc1Cl. The Labute approximate surface area is 202 Å². The van der Waals surface area contributed by atoms with Crippen molar-refractivity contribution in [3.8, 4) is 33.5 Å². The van der Waals surface area contributed by atoms with Crippen molar-refractivity contribution >= 4 is 46.3 Å².